The van der Waals surface area contributed by atoms with Crippen molar-refractivity contribution in [1.29, 1.82) is 0 Å². The van der Waals surface area contributed by atoms with Crippen LogP contribution in [0.5, 0.6) is 5.75 Å². The minimum Gasteiger partial charge on any atom is -0.508 e. The van der Waals surface area contributed by atoms with Crippen LogP contribution >= 0.6 is 0 Å². The fourth-order valence-corrected chi connectivity index (χ4v) is 4.21. The molecule has 154 valence electrons. The second-order valence-electron chi connectivity index (χ2n) is 7.93. The molecule has 1 atom stereocenters. The van der Waals surface area contributed by atoms with E-state index >= 15 is 0 Å². The van der Waals surface area contributed by atoms with Crippen molar-refractivity contribution in [2.45, 2.75) is 57.9 Å². The largest absolute Gasteiger partial charge is 0.508 e. The van der Waals surface area contributed by atoms with Gasteiger partial charge in [0.25, 0.3) is 0 Å². The molecule has 1 aliphatic carbocycles. The van der Waals surface area contributed by atoms with E-state index in [-0.39, 0.29) is 12.0 Å². The molecule has 1 heterocycles. The lowest BCUT2D eigenvalue weighted by atomic mass is 9.88. The quantitative estimate of drug-likeness (QED) is 0.519. The number of hydrogen-bond donors (Lipinski definition) is 3. The van der Waals surface area contributed by atoms with Crippen LogP contribution in [0.15, 0.2) is 29.3 Å². The maximum atomic E-state index is 12.7. The first-order valence-corrected chi connectivity index (χ1v) is 10.8. The number of phenols is 1. The van der Waals surface area contributed by atoms with Crippen LogP contribution in [0.25, 0.3) is 0 Å². The second-order valence-corrected chi connectivity index (χ2v) is 7.93. The third kappa shape index (κ3) is 5.88. The van der Waals surface area contributed by atoms with Gasteiger partial charge in [-0.15, -0.1) is 0 Å². The van der Waals surface area contributed by atoms with E-state index in [1.165, 1.54) is 19.3 Å². The number of rotatable bonds is 6. The van der Waals surface area contributed by atoms with E-state index in [0.717, 1.165) is 56.8 Å². The van der Waals surface area contributed by atoms with Gasteiger partial charge in [-0.25, -0.2) is 0 Å². The van der Waals surface area contributed by atoms with Gasteiger partial charge in [0.2, 0.25) is 5.91 Å². The number of likely N-dealkylation sites (tertiary alicyclic amines) is 1. The van der Waals surface area contributed by atoms with Gasteiger partial charge in [0, 0.05) is 38.1 Å². The summed E-state index contributed by atoms with van der Waals surface area (Å²) in [6, 6.07) is 7.57. The van der Waals surface area contributed by atoms with Crippen LogP contribution in [0.3, 0.4) is 0 Å². The van der Waals surface area contributed by atoms with E-state index in [2.05, 4.69) is 22.5 Å². The number of phenolic OH excluding ortho intramolecular Hbond substituents is 1. The number of benzene rings is 1. The van der Waals surface area contributed by atoms with Crippen LogP contribution in [0.2, 0.25) is 0 Å². The lowest BCUT2D eigenvalue weighted by Crippen LogP contribution is -2.45. The van der Waals surface area contributed by atoms with Crippen molar-refractivity contribution < 1.29 is 9.90 Å². The lowest BCUT2D eigenvalue weighted by molar-refractivity contribution is -0.135. The molecule has 2 aliphatic rings. The first-order valence-electron chi connectivity index (χ1n) is 10.8. The Morgan fingerprint density at radius 1 is 1.25 bits per heavy atom. The maximum absolute atomic E-state index is 12.7. The van der Waals surface area contributed by atoms with Crippen molar-refractivity contribution in [3.8, 4) is 5.75 Å². The normalized spacial score (nSPS) is 21.0. The van der Waals surface area contributed by atoms with E-state index < -0.39 is 0 Å². The van der Waals surface area contributed by atoms with Crippen LogP contribution in [0.1, 0.15) is 51.0 Å². The van der Waals surface area contributed by atoms with Gasteiger partial charge in [-0.1, -0.05) is 31.4 Å². The van der Waals surface area contributed by atoms with Gasteiger partial charge in [0.05, 0.1) is 0 Å². The van der Waals surface area contributed by atoms with Gasteiger partial charge in [0.15, 0.2) is 5.96 Å². The molecule has 1 aromatic rings. The fraction of sp³-hybridized carbons (Fsp3) is 0.636. The van der Waals surface area contributed by atoms with Crippen molar-refractivity contribution in [2.24, 2.45) is 10.9 Å². The molecule has 6 nitrogen and oxygen atoms in total. The third-order valence-corrected chi connectivity index (χ3v) is 5.72. The smallest absolute Gasteiger partial charge is 0.225 e. The monoisotopic (exact) mass is 386 g/mol. The standard InChI is InChI=1S/C22H34N4O2/c1-2-23-22(24-13-11-17-7-6-10-20(27)15-17)25-19-12-14-26(16-19)21(28)18-8-4-3-5-9-18/h6-7,10,15,18-19,27H,2-5,8-9,11-14,16H2,1H3,(H2,23,24,25). The van der Waals surface area contributed by atoms with E-state index in [0.29, 0.717) is 18.2 Å². The highest BCUT2D eigenvalue weighted by Gasteiger charge is 2.31. The zero-order valence-electron chi connectivity index (χ0n) is 17.0. The predicted molar refractivity (Wildman–Crippen MR) is 112 cm³/mol. The second kappa shape index (κ2) is 10.3. The van der Waals surface area contributed by atoms with Gasteiger partial charge in [-0.3, -0.25) is 9.79 Å². The van der Waals surface area contributed by atoms with E-state index in [9.17, 15) is 9.90 Å². The van der Waals surface area contributed by atoms with Crippen molar-refractivity contribution in [1.82, 2.24) is 15.5 Å². The first kappa shape index (κ1) is 20.5. The Morgan fingerprint density at radius 3 is 2.82 bits per heavy atom. The molecule has 6 heteroatoms. The van der Waals surface area contributed by atoms with Crippen molar-refractivity contribution in [3.63, 3.8) is 0 Å². The Hall–Kier alpha value is -2.24. The number of guanidine groups is 1. The third-order valence-electron chi connectivity index (χ3n) is 5.72. The number of nitrogens with zero attached hydrogens (tertiary/aromatic N) is 2. The molecule has 28 heavy (non-hydrogen) atoms. The molecule has 3 N–H and O–H groups in total. The number of carbonyl (C=O) groups excluding carboxylic acids is 1. The minimum atomic E-state index is 0.247. The summed E-state index contributed by atoms with van der Waals surface area (Å²) in [6.45, 7) is 5.12. The zero-order chi connectivity index (χ0) is 19.8. The van der Waals surface area contributed by atoms with Crippen LogP contribution < -0.4 is 10.6 Å². The summed E-state index contributed by atoms with van der Waals surface area (Å²) in [6.07, 6.45) is 7.54. The predicted octanol–water partition coefficient (Wildman–Crippen LogP) is 2.67. The number of aliphatic imine (C=N–C) groups is 1. The topological polar surface area (TPSA) is 77.0 Å². The zero-order valence-corrected chi connectivity index (χ0v) is 17.0. The summed E-state index contributed by atoms with van der Waals surface area (Å²) >= 11 is 0. The number of carbonyl (C=O) groups is 1. The molecule has 1 saturated carbocycles. The molecule has 1 unspecified atom stereocenters. The van der Waals surface area contributed by atoms with E-state index in [4.69, 9.17) is 0 Å². The van der Waals surface area contributed by atoms with Gasteiger partial charge in [0.1, 0.15) is 5.75 Å². The lowest BCUT2D eigenvalue weighted by Gasteiger charge is -2.26. The molecule has 0 bridgehead atoms. The molecule has 1 amide bonds. The Balaban J connectivity index is 1.49. The SMILES string of the molecule is CCNC(=NCCc1cccc(O)c1)NC1CCN(C(=O)C2CCCCC2)C1. The van der Waals surface area contributed by atoms with E-state index in [1.807, 2.05) is 17.0 Å². The summed E-state index contributed by atoms with van der Waals surface area (Å²) in [5.74, 6) is 1.70. The average molecular weight is 387 g/mol. The summed E-state index contributed by atoms with van der Waals surface area (Å²) in [7, 11) is 0. The molecule has 0 spiro atoms. The Morgan fingerprint density at radius 2 is 2.07 bits per heavy atom. The molecular weight excluding hydrogens is 352 g/mol. The Labute approximate surface area is 168 Å². The van der Waals surface area contributed by atoms with Crippen molar-refractivity contribution in [2.75, 3.05) is 26.2 Å². The van der Waals surface area contributed by atoms with Crippen molar-refractivity contribution in [3.05, 3.63) is 29.8 Å². The molecule has 1 aliphatic heterocycles. The Kier molecular flexibility index (Phi) is 7.57. The fourth-order valence-electron chi connectivity index (χ4n) is 4.21. The summed E-state index contributed by atoms with van der Waals surface area (Å²) in [4.78, 5) is 19.5. The molecule has 2 fully saturated rings. The van der Waals surface area contributed by atoms with E-state index in [1.54, 1.807) is 12.1 Å². The van der Waals surface area contributed by atoms with Crippen LogP contribution in [-0.4, -0.2) is 54.1 Å². The maximum Gasteiger partial charge on any atom is 0.225 e. The number of aromatic hydroxyl groups is 1. The number of hydrogen-bond acceptors (Lipinski definition) is 3. The molecule has 0 radical (unpaired) electrons. The Bertz CT molecular complexity index is 670. The highest BCUT2D eigenvalue weighted by Crippen LogP contribution is 2.26. The molecule has 3 rings (SSSR count). The first-order chi connectivity index (χ1) is 13.7. The molecular formula is C22H34N4O2. The number of amides is 1. The summed E-state index contributed by atoms with van der Waals surface area (Å²) in [5.41, 5.74) is 1.07. The molecule has 1 saturated heterocycles. The van der Waals surface area contributed by atoms with Crippen molar-refractivity contribution >= 4 is 11.9 Å². The molecule has 1 aromatic carbocycles. The highest BCUT2D eigenvalue weighted by molar-refractivity contribution is 5.81. The van der Waals surface area contributed by atoms with Crippen LogP contribution in [0.4, 0.5) is 0 Å². The average Bonchev–Trinajstić information content (AvgIpc) is 3.17. The van der Waals surface area contributed by atoms with Gasteiger partial charge < -0.3 is 20.6 Å². The molecule has 0 aromatic heterocycles. The van der Waals surface area contributed by atoms with Gasteiger partial charge >= 0.3 is 0 Å². The van der Waals surface area contributed by atoms with Gasteiger partial charge in [-0.2, -0.15) is 0 Å². The van der Waals surface area contributed by atoms with Crippen LogP contribution in [0, 0.1) is 5.92 Å². The minimum absolute atomic E-state index is 0.247. The number of nitrogens with one attached hydrogen (secondary N) is 2. The summed E-state index contributed by atoms with van der Waals surface area (Å²) < 4.78 is 0. The van der Waals surface area contributed by atoms with Gasteiger partial charge in [-0.05, 0) is 50.3 Å². The highest BCUT2D eigenvalue weighted by atomic mass is 16.3. The van der Waals surface area contributed by atoms with Crippen LogP contribution in [-0.2, 0) is 11.2 Å². The summed E-state index contributed by atoms with van der Waals surface area (Å²) in [5, 5.41) is 16.4.